The summed E-state index contributed by atoms with van der Waals surface area (Å²) in [6.45, 7) is 1.58. The van der Waals surface area contributed by atoms with E-state index in [-0.39, 0.29) is 16.6 Å². The number of carbonyl (C=O) groups is 1. The molecule has 122 valence electrons. The zero-order chi connectivity index (χ0) is 17.0. The molecule has 0 fully saturated rings. The van der Waals surface area contributed by atoms with Gasteiger partial charge in [-0.05, 0) is 30.3 Å². The van der Waals surface area contributed by atoms with E-state index in [1.807, 2.05) is 25.1 Å². The number of sulfone groups is 1. The van der Waals surface area contributed by atoms with Gasteiger partial charge in [-0.25, -0.2) is 8.42 Å². The fourth-order valence-corrected chi connectivity index (χ4v) is 3.17. The highest BCUT2D eigenvalue weighted by atomic mass is 32.2. The Hall–Kier alpha value is -2.34. The summed E-state index contributed by atoms with van der Waals surface area (Å²) in [5.74, 6) is -0.358. The SMILES string of the molecule is CCS(=O)(=O)c1ccccc1NC(=O)c1cccc(N(C)C)c1. The van der Waals surface area contributed by atoms with Crippen molar-refractivity contribution in [2.45, 2.75) is 11.8 Å². The van der Waals surface area contributed by atoms with Crippen molar-refractivity contribution < 1.29 is 13.2 Å². The molecule has 0 aliphatic carbocycles. The zero-order valence-corrected chi connectivity index (χ0v) is 14.2. The van der Waals surface area contributed by atoms with Gasteiger partial charge in [-0.3, -0.25) is 4.79 Å². The van der Waals surface area contributed by atoms with Crippen molar-refractivity contribution in [3.05, 3.63) is 54.1 Å². The monoisotopic (exact) mass is 332 g/mol. The topological polar surface area (TPSA) is 66.5 Å². The van der Waals surface area contributed by atoms with E-state index in [4.69, 9.17) is 0 Å². The minimum absolute atomic E-state index is 0.0179. The zero-order valence-electron chi connectivity index (χ0n) is 13.4. The molecule has 0 heterocycles. The number of nitrogens with one attached hydrogen (secondary N) is 1. The van der Waals surface area contributed by atoms with Crippen LogP contribution in [0.25, 0.3) is 0 Å². The highest BCUT2D eigenvalue weighted by molar-refractivity contribution is 7.91. The molecule has 1 N–H and O–H groups in total. The van der Waals surface area contributed by atoms with Gasteiger partial charge in [-0.2, -0.15) is 0 Å². The third-order valence-corrected chi connectivity index (χ3v) is 5.26. The van der Waals surface area contributed by atoms with E-state index in [2.05, 4.69) is 5.32 Å². The largest absolute Gasteiger partial charge is 0.378 e. The standard InChI is InChI=1S/C17H20N2O3S/c1-4-23(21,22)16-11-6-5-10-15(16)18-17(20)13-8-7-9-14(12-13)19(2)3/h5-12H,4H2,1-3H3,(H,18,20). The third kappa shape index (κ3) is 3.90. The highest BCUT2D eigenvalue weighted by Crippen LogP contribution is 2.23. The first-order valence-electron chi connectivity index (χ1n) is 7.25. The van der Waals surface area contributed by atoms with Crippen molar-refractivity contribution in [1.29, 1.82) is 0 Å². The number of benzene rings is 2. The molecule has 5 nitrogen and oxygen atoms in total. The fourth-order valence-electron chi connectivity index (χ4n) is 2.12. The van der Waals surface area contributed by atoms with Crippen molar-refractivity contribution in [3.8, 4) is 0 Å². The van der Waals surface area contributed by atoms with Crippen LogP contribution in [0.1, 0.15) is 17.3 Å². The number of carbonyl (C=O) groups excluding carboxylic acids is 1. The van der Waals surface area contributed by atoms with Crippen LogP contribution in [0.5, 0.6) is 0 Å². The highest BCUT2D eigenvalue weighted by Gasteiger charge is 2.18. The van der Waals surface area contributed by atoms with Crippen LogP contribution in [0.2, 0.25) is 0 Å². The van der Waals surface area contributed by atoms with Gasteiger partial charge in [0.2, 0.25) is 0 Å². The summed E-state index contributed by atoms with van der Waals surface area (Å²) < 4.78 is 24.3. The molecule has 0 unspecified atom stereocenters. The lowest BCUT2D eigenvalue weighted by atomic mass is 10.1. The lowest BCUT2D eigenvalue weighted by molar-refractivity contribution is 0.102. The molecule has 0 aliphatic heterocycles. The van der Waals surface area contributed by atoms with Gasteiger partial charge in [0.25, 0.3) is 5.91 Å². The van der Waals surface area contributed by atoms with E-state index < -0.39 is 9.84 Å². The van der Waals surface area contributed by atoms with Crippen LogP contribution < -0.4 is 10.2 Å². The average molecular weight is 332 g/mol. The quantitative estimate of drug-likeness (QED) is 0.914. The Morgan fingerprint density at radius 2 is 1.78 bits per heavy atom. The van der Waals surface area contributed by atoms with Crippen LogP contribution in [0.3, 0.4) is 0 Å². The van der Waals surface area contributed by atoms with Crippen molar-refractivity contribution in [3.63, 3.8) is 0 Å². The van der Waals surface area contributed by atoms with Gasteiger partial charge in [0.05, 0.1) is 16.3 Å². The van der Waals surface area contributed by atoms with Crippen LogP contribution >= 0.6 is 0 Å². The summed E-state index contributed by atoms with van der Waals surface area (Å²) in [5.41, 5.74) is 1.67. The van der Waals surface area contributed by atoms with Gasteiger partial charge in [0, 0.05) is 25.3 Å². The van der Waals surface area contributed by atoms with Gasteiger partial charge in [0.1, 0.15) is 0 Å². The summed E-state index contributed by atoms with van der Waals surface area (Å²) >= 11 is 0. The molecule has 6 heteroatoms. The minimum Gasteiger partial charge on any atom is -0.378 e. The molecule has 0 aromatic heterocycles. The van der Waals surface area contributed by atoms with Crippen LogP contribution in [-0.4, -0.2) is 34.2 Å². The van der Waals surface area contributed by atoms with E-state index in [9.17, 15) is 13.2 Å². The fraction of sp³-hybridized carbons (Fsp3) is 0.235. The van der Waals surface area contributed by atoms with Crippen molar-refractivity contribution >= 4 is 27.1 Å². The van der Waals surface area contributed by atoms with E-state index in [1.54, 1.807) is 43.3 Å². The molecule has 23 heavy (non-hydrogen) atoms. The summed E-state index contributed by atoms with van der Waals surface area (Å²) in [6, 6.07) is 13.6. The maximum atomic E-state index is 12.4. The second kappa shape index (κ2) is 6.83. The molecule has 0 saturated heterocycles. The lowest BCUT2D eigenvalue weighted by Crippen LogP contribution is -2.16. The molecule has 0 saturated carbocycles. The first-order chi connectivity index (χ1) is 10.8. The van der Waals surface area contributed by atoms with Crippen molar-refractivity contribution in [2.24, 2.45) is 0 Å². The Kier molecular flexibility index (Phi) is 5.05. The molecule has 2 aromatic carbocycles. The summed E-state index contributed by atoms with van der Waals surface area (Å²) in [5, 5.41) is 2.70. The van der Waals surface area contributed by atoms with E-state index in [0.29, 0.717) is 11.3 Å². The normalized spacial score (nSPS) is 11.1. The number of para-hydroxylation sites is 1. The molecule has 2 aromatic rings. The molecule has 1 amide bonds. The van der Waals surface area contributed by atoms with Gasteiger partial charge < -0.3 is 10.2 Å². The number of hydrogen-bond donors (Lipinski definition) is 1. The Balaban J connectivity index is 2.33. The molecular formula is C17H20N2O3S. The van der Waals surface area contributed by atoms with Crippen molar-refractivity contribution in [2.75, 3.05) is 30.1 Å². The van der Waals surface area contributed by atoms with Gasteiger partial charge in [0.15, 0.2) is 9.84 Å². The number of nitrogens with zero attached hydrogens (tertiary/aromatic N) is 1. The second-order valence-corrected chi connectivity index (χ2v) is 7.55. The maximum absolute atomic E-state index is 12.4. The Morgan fingerprint density at radius 3 is 2.43 bits per heavy atom. The summed E-state index contributed by atoms with van der Waals surface area (Å²) in [6.07, 6.45) is 0. The third-order valence-electron chi connectivity index (χ3n) is 3.48. The van der Waals surface area contributed by atoms with Crippen LogP contribution in [0, 0.1) is 0 Å². The van der Waals surface area contributed by atoms with Gasteiger partial charge in [-0.15, -0.1) is 0 Å². The Labute approximate surface area is 136 Å². The van der Waals surface area contributed by atoms with E-state index in [0.717, 1.165) is 5.69 Å². The van der Waals surface area contributed by atoms with E-state index >= 15 is 0 Å². The summed E-state index contributed by atoms with van der Waals surface area (Å²) in [4.78, 5) is 14.5. The molecule has 0 atom stereocenters. The Morgan fingerprint density at radius 1 is 1.09 bits per heavy atom. The predicted molar refractivity (Wildman–Crippen MR) is 92.9 cm³/mol. The minimum atomic E-state index is -3.40. The van der Waals surface area contributed by atoms with Crippen LogP contribution in [0.4, 0.5) is 11.4 Å². The number of rotatable bonds is 5. The molecule has 0 spiro atoms. The van der Waals surface area contributed by atoms with Crippen LogP contribution in [-0.2, 0) is 9.84 Å². The first kappa shape index (κ1) is 17.0. The Bertz CT molecular complexity index is 814. The van der Waals surface area contributed by atoms with Gasteiger partial charge >= 0.3 is 0 Å². The van der Waals surface area contributed by atoms with E-state index in [1.165, 1.54) is 6.07 Å². The van der Waals surface area contributed by atoms with Crippen LogP contribution in [0.15, 0.2) is 53.4 Å². The molecule has 0 bridgehead atoms. The molecule has 0 radical (unpaired) electrons. The molecule has 0 aliphatic rings. The average Bonchev–Trinajstić information content (AvgIpc) is 2.55. The van der Waals surface area contributed by atoms with Crippen molar-refractivity contribution in [1.82, 2.24) is 0 Å². The smallest absolute Gasteiger partial charge is 0.255 e. The first-order valence-corrected chi connectivity index (χ1v) is 8.91. The number of hydrogen-bond acceptors (Lipinski definition) is 4. The summed E-state index contributed by atoms with van der Waals surface area (Å²) in [7, 11) is 0.377. The maximum Gasteiger partial charge on any atom is 0.255 e. The van der Waals surface area contributed by atoms with Gasteiger partial charge in [-0.1, -0.05) is 25.1 Å². The number of anilines is 2. The molecule has 2 rings (SSSR count). The second-order valence-electron chi connectivity index (χ2n) is 5.30. The predicted octanol–water partition coefficient (Wildman–Crippen LogP) is 2.80. The molecular weight excluding hydrogens is 312 g/mol. The number of amides is 1. The lowest BCUT2D eigenvalue weighted by Gasteiger charge is -2.14.